The lowest BCUT2D eigenvalue weighted by Gasteiger charge is -2.45. The van der Waals surface area contributed by atoms with E-state index in [-0.39, 0.29) is 11.4 Å². The molecule has 236 valence electrons. The quantitative estimate of drug-likeness (QED) is 0.122. The molecule has 6 heteroatoms. The summed E-state index contributed by atoms with van der Waals surface area (Å²) >= 11 is 1.69. The summed E-state index contributed by atoms with van der Waals surface area (Å²) in [7, 11) is 0. The number of aryl methyl sites for hydroxylation is 1. The first-order valence-electron chi connectivity index (χ1n) is 15.7. The van der Waals surface area contributed by atoms with Gasteiger partial charge in [0.05, 0.1) is 26.4 Å². The van der Waals surface area contributed by atoms with Crippen LogP contribution in [0, 0.1) is 6.92 Å². The topological polar surface area (TPSA) is 46.2 Å². The Balaban J connectivity index is 1.33. The van der Waals surface area contributed by atoms with Crippen LogP contribution in [-0.2, 0) is 38.8 Å². The van der Waals surface area contributed by atoms with Crippen molar-refractivity contribution < 1.29 is 23.7 Å². The van der Waals surface area contributed by atoms with Crippen LogP contribution in [0.15, 0.2) is 150 Å². The maximum Gasteiger partial charge on any atom is 0.215 e. The summed E-state index contributed by atoms with van der Waals surface area (Å²) in [4.78, 5) is 1.10. The zero-order valence-corrected chi connectivity index (χ0v) is 26.8. The van der Waals surface area contributed by atoms with Crippen LogP contribution in [-0.4, -0.2) is 36.5 Å². The van der Waals surface area contributed by atoms with Gasteiger partial charge in [0.2, 0.25) is 6.29 Å². The Labute approximate surface area is 276 Å². The molecule has 46 heavy (non-hydrogen) atoms. The van der Waals surface area contributed by atoms with Crippen LogP contribution in [0.3, 0.4) is 0 Å². The van der Waals surface area contributed by atoms with E-state index in [0.717, 1.165) is 32.9 Å². The summed E-state index contributed by atoms with van der Waals surface area (Å²) in [5.74, 6) is 0.740. The summed E-state index contributed by atoms with van der Waals surface area (Å²) < 4.78 is 33.4. The fourth-order valence-electron chi connectivity index (χ4n) is 5.43. The third-order valence-electron chi connectivity index (χ3n) is 7.84. The van der Waals surface area contributed by atoms with Crippen LogP contribution in [0.4, 0.5) is 0 Å². The van der Waals surface area contributed by atoms with E-state index in [4.69, 9.17) is 23.7 Å². The lowest BCUT2D eigenvalue weighted by atomic mass is 10.00. The minimum Gasteiger partial charge on any atom is -0.464 e. The first-order chi connectivity index (χ1) is 22.7. The van der Waals surface area contributed by atoms with Gasteiger partial charge in [-0.1, -0.05) is 127 Å². The number of thioether (sulfide) groups is 1. The second-order valence-electron chi connectivity index (χ2n) is 11.4. The molecule has 0 aliphatic carbocycles. The molecule has 0 amide bonds. The van der Waals surface area contributed by atoms with E-state index >= 15 is 0 Å². The maximum atomic E-state index is 6.88. The maximum absolute atomic E-state index is 6.88. The monoisotopic (exact) mass is 632 g/mol. The highest BCUT2D eigenvalue weighted by atomic mass is 32.2. The van der Waals surface area contributed by atoms with E-state index in [2.05, 4.69) is 55.5 Å². The molecule has 1 saturated heterocycles. The third-order valence-corrected chi connectivity index (χ3v) is 9.15. The van der Waals surface area contributed by atoms with Crippen LogP contribution in [0.2, 0.25) is 0 Å². The Morgan fingerprint density at radius 2 is 1.07 bits per heavy atom. The molecule has 6 rings (SSSR count). The smallest absolute Gasteiger partial charge is 0.215 e. The molecule has 1 aliphatic heterocycles. The number of hydrogen-bond donors (Lipinski definition) is 0. The van der Waals surface area contributed by atoms with E-state index < -0.39 is 18.5 Å². The van der Waals surface area contributed by atoms with Gasteiger partial charge < -0.3 is 23.7 Å². The molecule has 1 fully saturated rings. The molecule has 5 aromatic rings. The summed E-state index contributed by atoms with van der Waals surface area (Å²) in [5, 5.41) is -0.251. The molecule has 0 aromatic heterocycles. The molecule has 0 saturated carbocycles. The van der Waals surface area contributed by atoms with Gasteiger partial charge in [-0.3, -0.25) is 0 Å². The standard InChI is InChI=1S/C40H40O5S/c1-30-22-24-34(25-23-30)44-40-39(46-35-20-12-5-13-21-35)38(43-28-33-18-10-4-11-19-33)37(42-27-32-16-8-3-9-17-32)36(45-40)29-41-26-31-14-6-2-7-15-31/h2-25,36-40H,26-29H2,1H3/t36-,37-,38+,39-,40-/m1/s1. The lowest BCUT2D eigenvalue weighted by molar-refractivity contribution is -0.253. The highest BCUT2D eigenvalue weighted by molar-refractivity contribution is 8.00. The summed E-state index contributed by atoms with van der Waals surface area (Å²) in [6, 6.07) is 49.0. The average Bonchev–Trinajstić information content (AvgIpc) is 3.11. The molecule has 0 N–H and O–H groups in total. The molecule has 1 heterocycles. The molecule has 5 nitrogen and oxygen atoms in total. The normalized spacial score (nSPS) is 21.1. The Bertz CT molecular complexity index is 1570. The van der Waals surface area contributed by atoms with Crippen LogP contribution >= 0.6 is 11.8 Å². The van der Waals surface area contributed by atoms with E-state index in [1.54, 1.807) is 11.8 Å². The fourth-order valence-corrected chi connectivity index (χ4v) is 6.66. The molecule has 5 atom stereocenters. The minimum atomic E-state index is -0.629. The number of hydrogen-bond acceptors (Lipinski definition) is 6. The number of benzene rings is 5. The van der Waals surface area contributed by atoms with Crippen molar-refractivity contribution in [1.29, 1.82) is 0 Å². The summed E-state index contributed by atoms with van der Waals surface area (Å²) in [5.41, 5.74) is 4.44. The molecular weight excluding hydrogens is 593 g/mol. The fraction of sp³-hybridized carbons (Fsp3) is 0.250. The van der Waals surface area contributed by atoms with E-state index in [1.807, 2.05) is 97.1 Å². The SMILES string of the molecule is Cc1ccc(O[C@@H]2O[C@H](COCc3ccccc3)[C@@H](OCc3ccccc3)[C@H](OCc3ccccc3)[C@H]2Sc2ccccc2)cc1. The minimum absolute atomic E-state index is 0.251. The average molecular weight is 633 g/mol. The van der Waals surface area contributed by atoms with Crippen molar-refractivity contribution in [2.75, 3.05) is 6.61 Å². The van der Waals surface area contributed by atoms with Crippen molar-refractivity contribution in [2.24, 2.45) is 0 Å². The predicted octanol–water partition coefficient (Wildman–Crippen LogP) is 8.65. The Morgan fingerprint density at radius 3 is 1.63 bits per heavy atom. The number of rotatable bonds is 14. The predicted molar refractivity (Wildman–Crippen MR) is 183 cm³/mol. The van der Waals surface area contributed by atoms with Gasteiger partial charge in [-0.2, -0.15) is 0 Å². The molecule has 1 aliphatic rings. The Kier molecular flexibility index (Phi) is 11.6. The highest BCUT2D eigenvalue weighted by Crippen LogP contribution is 2.39. The van der Waals surface area contributed by atoms with Gasteiger partial charge in [0.25, 0.3) is 0 Å². The molecule has 0 unspecified atom stereocenters. The van der Waals surface area contributed by atoms with Crippen molar-refractivity contribution >= 4 is 11.8 Å². The van der Waals surface area contributed by atoms with Crippen molar-refractivity contribution in [2.45, 2.75) is 61.5 Å². The van der Waals surface area contributed by atoms with Gasteiger partial charge in [-0.15, -0.1) is 11.8 Å². The zero-order chi connectivity index (χ0) is 31.4. The van der Waals surface area contributed by atoms with Gasteiger partial charge in [0.1, 0.15) is 29.3 Å². The molecule has 0 spiro atoms. The van der Waals surface area contributed by atoms with Gasteiger partial charge >= 0.3 is 0 Å². The summed E-state index contributed by atoms with van der Waals surface area (Å²) in [6.07, 6.45) is -1.89. The van der Waals surface area contributed by atoms with Crippen molar-refractivity contribution in [3.63, 3.8) is 0 Å². The van der Waals surface area contributed by atoms with E-state index in [0.29, 0.717) is 26.4 Å². The van der Waals surface area contributed by atoms with Crippen LogP contribution in [0.1, 0.15) is 22.3 Å². The second-order valence-corrected chi connectivity index (χ2v) is 12.6. The Hall–Kier alpha value is -3.91. The van der Waals surface area contributed by atoms with Gasteiger partial charge in [0, 0.05) is 4.90 Å². The second kappa shape index (κ2) is 16.6. The molecule has 0 radical (unpaired) electrons. The van der Waals surface area contributed by atoms with Crippen LogP contribution in [0.5, 0.6) is 5.75 Å². The van der Waals surface area contributed by atoms with Crippen LogP contribution < -0.4 is 4.74 Å². The van der Waals surface area contributed by atoms with E-state index in [1.165, 1.54) is 0 Å². The van der Waals surface area contributed by atoms with Gasteiger partial charge in [-0.05, 0) is 47.9 Å². The first-order valence-corrected chi connectivity index (χ1v) is 16.6. The van der Waals surface area contributed by atoms with Crippen molar-refractivity contribution in [3.05, 3.63) is 168 Å². The van der Waals surface area contributed by atoms with Crippen molar-refractivity contribution in [1.82, 2.24) is 0 Å². The lowest BCUT2D eigenvalue weighted by Crippen LogP contribution is -2.60. The largest absolute Gasteiger partial charge is 0.464 e. The molecule has 5 aromatic carbocycles. The Morgan fingerprint density at radius 1 is 0.565 bits per heavy atom. The van der Waals surface area contributed by atoms with Gasteiger partial charge in [0.15, 0.2) is 0 Å². The third kappa shape index (κ3) is 9.09. The first kappa shape index (κ1) is 32.0. The molecule has 0 bridgehead atoms. The van der Waals surface area contributed by atoms with E-state index in [9.17, 15) is 0 Å². The number of ether oxygens (including phenoxy) is 5. The van der Waals surface area contributed by atoms with Crippen molar-refractivity contribution in [3.8, 4) is 5.75 Å². The van der Waals surface area contributed by atoms with Crippen LogP contribution in [0.25, 0.3) is 0 Å². The zero-order valence-electron chi connectivity index (χ0n) is 26.0. The molecular formula is C40H40O5S. The summed E-state index contributed by atoms with van der Waals surface area (Å²) in [6.45, 7) is 3.69. The van der Waals surface area contributed by atoms with Gasteiger partial charge in [-0.25, -0.2) is 0 Å². The highest BCUT2D eigenvalue weighted by Gasteiger charge is 2.49.